The number of nitrogens with zero attached hydrogens (tertiary/aromatic N) is 4. The van der Waals surface area contributed by atoms with Crippen LogP contribution in [-0.4, -0.2) is 28.0 Å². The second-order valence-electron chi connectivity index (χ2n) is 5.33. The Kier molecular flexibility index (Phi) is 3.92. The maximum absolute atomic E-state index is 5.82. The molecule has 0 spiro atoms. The highest BCUT2D eigenvalue weighted by Gasteiger charge is 2.17. The molecule has 0 radical (unpaired) electrons. The zero-order chi connectivity index (χ0) is 14.8. The minimum absolute atomic E-state index is 0.150. The average molecular weight is 304 g/mol. The topological polar surface area (TPSA) is 80.0 Å². The molecule has 3 N–H and O–H groups in total. The van der Waals surface area contributed by atoms with Gasteiger partial charge in [-0.15, -0.1) is 11.3 Å². The molecule has 3 heterocycles. The van der Waals surface area contributed by atoms with Gasteiger partial charge in [0.25, 0.3) is 0 Å². The van der Waals surface area contributed by atoms with Crippen LogP contribution in [0.4, 0.5) is 17.8 Å². The molecule has 2 aromatic rings. The standard InChI is InChI=1S/C14H20N6S/c1-9-5-6-11(21-9)10(2)16-13-17-12(15)18-14(19-13)20-7-3-4-8-20/h5-6,10H,3-4,7-8H2,1-2H3,(H3,15,16,17,18,19). The summed E-state index contributed by atoms with van der Waals surface area (Å²) in [6, 6.07) is 4.40. The monoisotopic (exact) mass is 304 g/mol. The summed E-state index contributed by atoms with van der Waals surface area (Å²) in [5.41, 5.74) is 5.82. The quantitative estimate of drug-likeness (QED) is 0.904. The molecule has 0 saturated carbocycles. The van der Waals surface area contributed by atoms with E-state index in [2.05, 4.69) is 51.1 Å². The van der Waals surface area contributed by atoms with Crippen molar-refractivity contribution >= 4 is 29.2 Å². The van der Waals surface area contributed by atoms with Gasteiger partial charge in [0, 0.05) is 22.8 Å². The minimum Gasteiger partial charge on any atom is -0.368 e. The van der Waals surface area contributed by atoms with E-state index in [0.717, 1.165) is 13.1 Å². The third kappa shape index (κ3) is 3.24. The molecule has 1 atom stereocenters. The van der Waals surface area contributed by atoms with E-state index < -0.39 is 0 Å². The predicted molar refractivity (Wildman–Crippen MR) is 86.8 cm³/mol. The maximum Gasteiger partial charge on any atom is 0.231 e. The summed E-state index contributed by atoms with van der Waals surface area (Å²) in [5.74, 6) is 1.49. The van der Waals surface area contributed by atoms with Crippen LogP contribution in [0.3, 0.4) is 0 Å². The number of anilines is 3. The zero-order valence-electron chi connectivity index (χ0n) is 12.3. The number of nitrogens with one attached hydrogen (secondary N) is 1. The normalized spacial score (nSPS) is 16.2. The van der Waals surface area contributed by atoms with Crippen LogP contribution in [0.25, 0.3) is 0 Å². The summed E-state index contributed by atoms with van der Waals surface area (Å²) in [7, 11) is 0. The Morgan fingerprint density at radius 2 is 2.00 bits per heavy atom. The molecule has 0 aromatic carbocycles. The fourth-order valence-corrected chi connectivity index (χ4v) is 3.33. The van der Waals surface area contributed by atoms with Gasteiger partial charge >= 0.3 is 0 Å². The van der Waals surface area contributed by atoms with Crippen LogP contribution in [-0.2, 0) is 0 Å². The molecule has 1 saturated heterocycles. The molecular weight excluding hydrogens is 284 g/mol. The Bertz CT molecular complexity index is 620. The molecule has 21 heavy (non-hydrogen) atoms. The third-order valence-electron chi connectivity index (χ3n) is 3.56. The Labute approximate surface area is 128 Å². The molecule has 0 aliphatic carbocycles. The molecule has 7 heteroatoms. The van der Waals surface area contributed by atoms with Crippen LogP contribution in [0.15, 0.2) is 12.1 Å². The van der Waals surface area contributed by atoms with Gasteiger partial charge in [-0.3, -0.25) is 0 Å². The van der Waals surface area contributed by atoms with Gasteiger partial charge in [0.15, 0.2) is 0 Å². The molecule has 6 nitrogen and oxygen atoms in total. The average Bonchev–Trinajstić information content (AvgIpc) is 3.08. The first-order chi connectivity index (χ1) is 10.1. The van der Waals surface area contributed by atoms with E-state index in [1.807, 2.05) is 0 Å². The van der Waals surface area contributed by atoms with Crippen molar-refractivity contribution in [3.05, 3.63) is 21.9 Å². The summed E-state index contributed by atoms with van der Waals surface area (Å²) < 4.78 is 0. The molecular formula is C14H20N6S. The van der Waals surface area contributed by atoms with E-state index in [-0.39, 0.29) is 12.0 Å². The van der Waals surface area contributed by atoms with Crippen LogP contribution in [0.1, 0.15) is 35.6 Å². The highest BCUT2D eigenvalue weighted by atomic mass is 32.1. The number of hydrogen-bond donors (Lipinski definition) is 2. The van der Waals surface area contributed by atoms with Crippen LogP contribution in [0, 0.1) is 6.92 Å². The molecule has 3 rings (SSSR count). The first-order valence-electron chi connectivity index (χ1n) is 7.21. The van der Waals surface area contributed by atoms with E-state index in [0.29, 0.717) is 11.9 Å². The van der Waals surface area contributed by atoms with Gasteiger partial charge in [-0.05, 0) is 38.8 Å². The van der Waals surface area contributed by atoms with Crippen LogP contribution < -0.4 is 16.0 Å². The number of aryl methyl sites for hydroxylation is 1. The van der Waals surface area contributed by atoms with E-state index in [9.17, 15) is 0 Å². The molecule has 0 amide bonds. The van der Waals surface area contributed by atoms with Crippen molar-refractivity contribution in [3.8, 4) is 0 Å². The van der Waals surface area contributed by atoms with Crippen molar-refractivity contribution in [2.24, 2.45) is 0 Å². The first kappa shape index (κ1) is 14.1. The van der Waals surface area contributed by atoms with Crippen molar-refractivity contribution in [1.29, 1.82) is 0 Å². The van der Waals surface area contributed by atoms with E-state index >= 15 is 0 Å². The molecule has 0 bridgehead atoms. The predicted octanol–water partition coefficient (Wildman–Crippen LogP) is 2.60. The van der Waals surface area contributed by atoms with Gasteiger partial charge in [-0.2, -0.15) is 15.0 Å². The summed E-state index contributed by atoms with van der Waals surface area (Å²) in [6.45, 7) is 6.18. The Morgan fingerprint density at radius 3 is 2.67 bits per heavy atom. The highest BCUT2D eigenvalue weighted by molar-refractivity contribution is 7.12. The first-order valence-corrected chi connectivity index (χ1v) is 8.03. The van der Waals surface area contributed by atoms with Crippen molar-refractivity contribution in [3.63, 3.8) is 0 Å². The summed E-state index contributed by atoms with van der Waals surface area (Å²) >= 11 is 1.77. The number of aromatic nitrogens is 3. The van der Waals surface area contributed by atoms with Crippen LogP contribution in [0.5, 0.6) is 0 Å². The lowest BCUT2D eigenvalue weighted by Gasteiger charge is -2.17. The van der Waals surface area contributed by atoms with E-state index in [1.165, 1.54) is 22.6 Å². The largest absolute Gasteiger partial charge is 0.368 e. The molecule has 1 aliphatic rings. The lowest BCUT2D eigenvalue weighted by molar-refractivity contribution is 0.848. The van der Waals surface area contributed by atoms with Gasteiger partial charge in [-0.1, -0.05) is 0 Å². The lowest BCUT2D eigenvalue weighted by Crippen LogP contribution is -2.22. The van der Waals surface area contributed by atoms with Crippen molar-refractivity contribution in [2.75, 3.05) is 29.0 Å². The molecule has 2 aromatic heterocycles. The van der Waals surface area contributed by atoms with Crippen molar-refractivity contribution in [2.45, 2.75) is 32.7 Å². The fourth-order valence-electron chi connectivity index (χ4n) is 2.45. The van der Waals surface area contributed by atoms with Crippen LogP contribution in [0.2, 0.25) is 0 Å². The SMILES string of the molecule is Cc1ccc(C(C)Nc2nc(N)nc(N3CCCC3)n2)s1. The fraction of sp³-hybridized carbons (Fsp3) is 0.500. The summed E-state index contributed by atoms with van der Waals surface area (Å²) in [5, 5.41) is 3.32. The second-order valence-corrected chi connectivity index (χ2v) is 6.65. The molecule has 1 aliphatic heterocycles. The van der Waals surface area contributed by atoms with Gasteiger partial charge in [-0.25, -0.2) is 0 Å². The summed E-state index contributed by atoms with van der Waals surface area (Å²) in [4.78, 5) is 17.7. The Hall–Kier alpha value is -1.89. The second kappa shape index (κ2) is 5.85. The van der Waals surface area contributed by atoms with Crippen LogP contribution >= 0.6 is 11.3 Å². The van der Waals surface area contributed by atoms with E-state index in [1.54, 1.807) is 11.3 Å². The van der Waals surface area contributed by atoms with Gasteiger partial charge < -0.3 is 16.0 Å². The zero-order valence-corrected chi connectivity index (χ0v) is 13.2. The van der Waals surface area contributed by atoms with Crippen molar-refractivity contribution < 1.29 is 0 Å². The lowest BCUT2D eigenvalue weighted by atomic mass is 10.3. The smallest absolute Gasteiger partial charge is 0.231 e. The number of thiophene rings is 1. The third-order valence-corrected chi connectivity index (χ3v) is 4.75. The van der Waals surface area contributed by atoms with E-state index in [4.69, 9.17) is 5.73 Å². The number of nitrogen functional groups attached to an aromatic ring is 1. The molecule has 1 unspecified atom stereocenters. The molecule has 112 valence electrons. The maximum atomic E-state index is 5.82. The minimum atomic E-state index is 0.150. The Balaban J connectivity index is 1.78. The van der Waals surface area contributed by atoms with Gasteiger partial charge in [0.1, 0.15) is 0 Å². The number of nitrogens with two attached hydrogens (primary N) is 1. The summed E-state index contributed by atoms with van der Waals surface area (Å²) in [6.07, 6.45) is 2.36. The van der Waals surface area contributed by atoms with Gasteiger partial charge in [0.05, 0.1) is 6.04 Å². The van der Waals surface area contributed by atoms with Gasteiger partial charge in [0.2, 0.25) is 17.8 Å². The molecule has 1 fully saturated rings. The highest BCUT2D eigenvalue weighted by Crippen LogP contribution is 2.25. The number of hydrogen-bond acceptors (Lipinski definition) is 7. The Morgan fingerprint density at radius 1 is 1.24 bits per heavy atom. The van der Waals surface area contributed by atoms with Crippen molar-refractivity contribution in [1.82, 2.24) is 15.0 Å². The number of rotatable bonds is 4.